The second kappa shape index (κ2) is 7.88. The van der Waals surface area contributed by atoms with E-state index in [1.807, 2.05) is 16.7 Å². The number of aliphatic hydroxyl groups excluding tert-OH is 1. The fraction of sp³-hybridized carbons (Fsp3) is 0.739. The highest BCUT2D eigenvalue weighted by Gasteiger charge is 2.56. The van der Waals surface area contributed by atoms with Gasteiger partial charge in [-0.1, -0.05) is 31.7 Å². The van der Waals surface area contributed by atoms with Crippen molar-refractivity contribution in [1.29, 1.82) is 0 Å². The quantitative estimate of drug-likeness (QED) is 0.795. The van der Waals surface area contributed by atoms with Crippen LogP contribution >= 0.6 is 0 Å². The van der Waals surface area contributed by atoms with Gasteiger partial charge in [0.15, 0.2) is 0 Å². The molecule has 2 saturated carbocycles. The van der Waals surface area contributed by atoms with Crippen LogP contribution in [0.1, 0.15) is 63.1 Å². The molecule has 1 saturated heterocycles. The Bertz CT molecular complexity index is 810. The van der Waals surface area contributed by atoms with Gasteiger partial charge in [-0.25, -0.2) is 0 Å². The smallest absolute Gasteiger partial charge is 0.250 e. The van der Waals surface area contributed by atoms with Crippen LogP contribution in [0, 0.1) is 17.8 Å². The molecule has 1 aromatic rings. The molecular formula is C23H33N3O3. The number of hydrogen-bond donors (Lipinski definition) is 2. The molecular weight excluding hydrogens is 366 g/mol. The van der Waals surface area contributed by atoms with Crippen LogP contribution in [0.5, 0.6) is 0 Å². The molecule has 6 heteroatoms. The van der Waals surface area contributed by atoms with E-state index in [2.05, 4.69) is 10.2 Å². The SMILES string of the molecule is O=C(NC1CCCC1)[C@H]1[C@H](CO)[C@H]2Cn3c(cccc3=O)[C@@H]1N2CC1CCCC1. The Hall–Kier alpha value is -1.66. The third-order valence-electron chi connectivity index (χ3n) is 7.99. The van der Waals surface area contributed by atoms with E-state index in [1.54, 1.807) is 6.07 Å². The molecule has 1 amide bonds. The molecule has 4 aliphatic rings. The van der Waals surface area contributed by atoms with Crippen LogP contribution in [0.2, 0.25) is 0 Å². The summed E-state index contributed by atoms with van der Waals surface area (Å²) >= 11 is 0. The lowest BCUT2D eigenvalue weighted by Gasteiger charge is -2.39. The van der Waals surface area contributed by atoms with Crippen molar-refractivity contribution in [3.8, 4) is 0 Å². The maximum Gasteiger partial charge on any atom is 0.250 e. The molecule has 4 atom stereocenters. The highest BCUT2D eigenvalue weighted by Crippen LogP contribution is 2.49. The number of amides is 1. The van der Waals surface area contributed by atoms with Gasteiger partial charge in [0.1, 0.15) is 0 Å². The average molecular weight is 400 g/mol. The van der Waals surface area contributed by atoms with Gasteiger partial charge in [-0.2, -0.15) is 0 Å². The van der Waals surface area contributed by atoms with Crippen molar-refractivity contribution in [2.75, 3.05) is 13.2 Å². The summed E-state index contributed by atoms with van der Waals surface area (Å²) in [5.74, 6) is 0.326. The summed E-state index contributed by atoms with van der Waals surface area (Å²) in [4.78, 5) is 28.5. The van der Waals surface area contributed by atoms with E-state index in [0.29, 0.717) is 12.5 Å². The summed E-state index contributed by atoms with van der Waals surface area (Å²) in [5.41, 5.74) is 0.959. The largest absolute Gasteiger partial charge is 0.396 e. The number of carbonyl (C=O) groups is 1. The number of pyridine rings is 1. The molecule has 5 rings (SSSR count). The molecule has 0 spiro atoms. The van der Waals surface area contributed by atoms with Crippen LogP contribution in [0.3, 0.4) is 0 Å². The molecule has 6 nitrogen and oxygen atoms in total. The second-order valence-electron chi connectivity index (χ2n) is 9.62. The zero-order chi connectivity index (χ0) is 20.0. The normalized spacial score (nSPS) is 32.6. The van der Waals surface area contributed by atoms with E-state index in [4.69, 9.17) is 0 Å². The average Bonchev–Trinajstić information content (AvgIpc) is 3.44. The standard InChI is InChI=1S/C23H33N3O3/c27-14-17-19-13-25-18(10-5-11-20(25)28)22(26(19)12-15-6-1-2-7-15)21(17)23(29)24-16-8-3-4-9-16/h5,10-11,15-17,19,21-22,27H,1-4,6-9,12-14H2,(H,24,29)/t17-,19-,21+,22+/m1/s1. The fourth-order valence-electron chi connectivity index (χ4n) is 6.58. The lowest BCUT2D eigenvalue weighted by atomic mass is 9.86. The second-order valence-corrected chi connectivity index (χ2v) is 9.62. The molecule has 1 aromatic heterocycles. The third kappa shape index (κ3) is 3.34. The van der Waals surface area contributed by atoms with Gasteiger partial charge in [0.25, 0.3) is 5.56 Å². The molecule has 0 aromatic carbocycles. The van der Waals surface area contributed by atoms with Crippen molar-refractivity contribution in [2.24, 2.45) is 17.8 Å². The van der Waals surface area contributed by atoms with E-state index in [1.165, 1.54) is 38.5 Å². The molecule has 158 valence electrons. The molecule has 2 aliphatic heterocycles. The van der Waals surface area contributed by atoms with Crippen molar-refractivity contribution in [3.63, 3.8) is 0 Å². The van der Waals surface area contributed by atoms with E-state index in [0.717, 1.165) is 25.1 Å². The van der Waals surface area contributed by atoms with Crippen LogP contribution in [0.15, 0.2) is 23.0 Å². The number of nitrogens with zero attached hydrogens (tertiary/aromatic N) is 2. The summed E-state index contributed by atoms with van der Waals surface area (Å²) in [5, 5.41) is 13.6. The molecule has 29 heavy (non-hydrogen) atoms. The highest BCUT2D eigenvalue weighted by molar-refractivity contribution is 5.81. The lowest BCUT2D eigenvalue weighted by Crippen LogP contribution is -2.47. The Labute approximate surface area is 172 Å². The molecule has 0 radical (unpaired) electrons. The van der Waals surface area contributed by atoms with Gasteiger partial charge in [0.2, 0.25) is 5.91 Å². The predicted molar refractivity (Wildman–Crippen MR) is 110 cm³/mol. The van der Waals surface area contributed by atoms with Crippen LogP contribution in [-0.2, 0) is 11.3 Å². The van der Waals surface area contributed by atoms with E-state index >= 15 is 0 Å². The summed E-state index contributed by atoms with van der Waals surface area (Å²) in [6, 6.07) is 5.65. The van der Waals surface area contributed by atoms with Gasteiger partial charge in [0.05, 0.1) is 12.0 Å². The van der Waals surface area contributed by atoms with Gasteiger partial charge in [-0.15, -0.1) is 0 Å². The number of nitrogens with one attached hydrogen (secondary N) is 1. The molecule has 2 aliphatic carbocycles. The number of aliphatic hydroxyl groups is 1. The first-order valence-corrected chi connectivity index (χ1v) is 11.5. The Morgan fingerprint density at radius 3 is 2.55 bits per heavy atom. The first-order valence-electron chi connectivity index (χ1n) is 11.5. The Kier molecular flexibility index (Phi) is 5.25. The topological polar surface area (TPSA) is 74.6 Å². The summed E-state index contributed by atoms with van der Waals surface area (Å²) < 4.78 is 1.85. The minimum absolute atomic E-state index is 0.00607. The number of rotatable bonds is 5. The number of aromatic nitrogens is 1. The highest BCUT2D eigenvalue weighted by atomic mass is 16.3. The van der Waals surface area contributed by atoms with Gasteiger partial charge in [-0.05, 0) is 37.7 Å². The van der Waals surface area contributed by atoms with E-state index < -0.39 is 0 Å². The number of carbonyl (C=O) groups excluding carboxylic acids is 1. The maximum atomic E-state index is 13.5. The predicted octanol–water partition coefficient (Wildman–Crippen LogP) is 2.06. The van der Waals surface area contributed by atoms with Crippen LogP contribution < -0.4 is 10.9 Å². The van der Waals surface area contributed by atoms with Crippen LogP contribution in [0.25, 0.3) is 0 Å². The fourth-order valence-corrected chi connectivity index (χ4v) is 6.58. The third-order valence-corrected chi connectivity index (χ3v) is 7.99. The minimum Gasteiger partial charge on any atom is -0.396 e. The Balaban J connectivity index is 1.50. The molecule has 2 N–H and O–H groups in total. The van der Waals surface area contributed by atoms with Gasteiger partial charge >= 0.3 is 0 Å². The maximum absolute atomic E-state index is 13.5. The summed E-state index contributed by atoms with van der Waals surface area (Å²) in [6.07, 6.45) is 9.54. The van der Waals surface area contributed by atoms with Crippen LogP contribution in [-0.4, -0.2) is 45.7 Å². The van der Waals surface area contributed by atoms with E-state index in [9.17, 15) is 14.7 Å². The lowest BCUT2D eigenvalue weighted by molar-refractivity contribution is -0.128. The van der Waals surface area contributed by atoms with Gasteiger partial charge in [0, 0.05) is 49.5 Å². The molecule has 3 heterocycles. The molecule has 0 unspecified atom stereocenters. The Morgan fingerprint density at radius 2 is 1.83 bits per heavy atom. The van der Waals surface area contributed by atoms with Crippen molar-refractivity contribution in [2.45, 2.75) is 76.0 Å². The minimum atomic E-state index is -0.289. The number of hydrogen-bond acceptors (Lipinski definition) is 4. The zero-order valence-electron chi connectivity index (χ0n) is 17.1. The first kappa shape index (κ1) is 19.3. The molecule has 2 bridgehead atoms. The van der Waals surface area contributed by atoms with Crippen molar-refractivity contribution < 1.29 is 9.90 Å². The summed E-state index contributed by atoms with van der Waals surface area (Å²) in [7, 11) is 0. The first-order chi connectivity index (χ1) is 14.2. The molecule has 3 fully saturated rings. The van der Waals surface area contributed by atoms with Gasteiger partial charge in [-0.3, -0.25) is 14.5 Å². The zero-order valence-corrected chi connectivity index (χ0v) is 17.1. The number of fused-ring (bicyclic) bond motifs is 4. The monoisotopic (exact) mass is 399 g/mol. The van der Waals surface area contributed by atoms with Crippen molar-refractivity contribution >= 4 is 5.91 Å². The summed E-state index contributed by atoms with van der Waals surface area (Å²) in [6.45, 7) is 1.55. The van der Waals surface area contributed by atoms with Gasteiger partial charge < -0.3 is 15.0 Å². The van der Waals surface area contributed by atoms with Crippen LogP contribution in [0.4, 0.5) is 0 Å². The van der Waals surface area contributed by atoms with Crippen molar-refractivity contribution in [3.05, 3.63) is 34.2 Å². The van der Waals surface area contributed by atoms with E-state index in [-0.39, 0.29) is 48.0 Å². The van der Waals surface area contributed by atoms with Crippen molar-refractivity contribution in [1.82, 2.24) is 14.8 Å². The Morgan fingerprint density at radius 1 is 1.10 bits per heavy atom.